The smallest absolute Gasteiger partial charge is 0.0331 e. The van der Waals surface area contributed by atoms with Crippen molar-refractivity contribution in [3.8, 4) is 0 Å². The van der Waals surface area contributed by atoms with Gasteiger partial charge in [-0.05, 0) is 49.7 Å². The van der Waals surface area contributed by atoms with E-state index in [2.05, 4.69) is 30.3 Å². The predicted octanol–water partition coefficient (Wildman–Crippen LogP) is 2.23. The van der Waals surface area contributed by atoms with Crippen LogP contribution in [-0.4, -0.2) is 24.5 Å². The maximum absolute atomic E-state index is 5.84. The van der Waals surface area contributed by atoms with E-state index in [4.69, 9.17) is 5.73 Å². The van der Waals surface area contributed by atoms with E-state index < -0.39 is 0 Å². The minimum absolute atomic E-state index is 0.589. The zero-order chi connectivity index (χ0) is 10.8. The van der Waals surface area contributed by atoms with Crippen LogP contribution in [0.25, 0.3) is 0 Å². The fourth-order valence-electron chi connectivity index (χ4n) is 2.12. The number of nitrogens with two attached hydrogens (primary N) is 1. The molecule has 0 amide bonds. The molecule has 0 spiro atoms. The van der Waals surface area contributed by atoms with Crippen LogP contribution in [0, 0.1) is 12.8 Å². The molecule has 1 aromatic heterocycles. The zero-order valence-electron chi connectivity index (χ0n) is 9.57. The quantitative estimate of drug-likeness (QED) is 0.831. The van der Waals surface area contributed by atoms with Crippen molar-refractivity contribution in [2.45, 2.75) is 32.4 Å². The Kier molecular flexibility index (Phi) is 3.44. The lowest BCUT2D eigenvalue weighted by Gasteiger charge is -2.26. The standard InChI is InChI=1S/C12H20N2S/c1-9-5-6-15-12(9)8-14(2)11(7-13)10-3-4-10/h5-6,10-11H,3-4,7-8,13H2,1-2H3. The minimum atomic E-state index is 0.589. The van der Waals surface area contributed by atoms with E-state index in [0.29, 0.717) is 6.04 Å². The Bertz CT molecular complexity index is 317. The van der Waals surface area contributed by atoms with Crippen molar-refractivity contribution in [1.82, 2.24) is 4.90 Å². The van der Waals surface area contributed by atoms with Crippen LogP contribution in [0.4, 0.5) is 0 Å². The highest BCUT2D eigenvalue weighted by Gasteiger charge is 2.32. The molecule has 0 bridgehead atoms. The SMILES string of the molecule is Cc1ccsc1CN(C)C(CN)C1CC1. The van der Waals surface area contributed by atoms with Gasteiger partial charge in [0.05, 0.1) is 0 Å². The van der Waals surface area contributed by atoms with Crippen molar-refractivity contribution >= 4 is 11.3 Å². The third-order valence-corrected chi connectivity index (χ3v) is 4.34. The van der Waals surface area contributed by atoms with E-state index in [1.165, 1.54) is 23.3 Å². The lowest BCUT2D eigenvalue weighted by molar-refractivity contribution is 0.217. The van der Waals surface area contributed by atoms with Crippen LogP contribution >= 0.6 is 11.3 Å². The average Bonchev–Trinajstić information content (AvgIpc) is 2.95. The maximum Gasteiger partial charge on any atom is 0.0331 e. The van der Waals surface area contributed by atoms with Crippen LogP contribution in [-0.2, 0) is 6.54 Å². The van der Waals surface area contributed by atoms with Gasteiger partial charge >= 0.3 is 0 Å². The second-order valence-corrected chi connectivity index (χ2v) is 5.58. The summed E-state index contributed by atoms with van der Waals surface area (Å²) in [6, 6.07) is 2.79. The van der Waals surface area contributed by atoms with Gasteiger partial charge in [-0.1, -0.05) is 0 Å². The Morgan fingerprint density at radius 1 is 1.60 bits per heavy atom. The van der Waals surface area contributed by atoms with Gasteiger partial charge in [0.25, 0.3) is 0 Å². The van der Waals surface area contributed by atoms with E-state index >= 15 is 0 Å². The fraction of sp³-hybridized carbons (Fsp3) is 0.667. The normalized spacial score (nSPS) is 18.4. The number of thiophene rings is 1. The van der Waals surface area contributed by atoms with E-state index in [-0.39, 0.29) is 0 Å². The molecule has 2 N–H and O–H groups in total. The maximum atomic E-state index is 5.84. The molecule has 3 heteroatoms. The number of hydrogen-bond acceptors (Lipinski definition) is 3. The second kappa shape index (κ2) is 4.64. The fourth-order valence-corrected chi connectivity index (χ4v) is 3.09. The van der Waals surface area contributed by atoms with Crippen LogP contribution in [0.5, 0.6) is 0 Å². The number of aryl methyl sites for hydroxylation is 1. The average molecular weight is 224 g/mol. The van der Waals surface area contributed by atoms with Crippen LogP contribution in [0.3, 0.4) is 0 Å². The summed E-state index contributed by atoms with van der Waals surface area (Å²) >= 11 is 1.86. The van der Waals surface area contributed by atoms with Gasteiger partial charge in [0.15, 0.2) is 0 Å². The van der Waals surface area contributed by atoms with Crippen molar-refractivity contribution in [3.63, 3.8) is 0 Å². The lowest BCUT2D eigenvalue weighted by atomic mass is 10.1. The van der Waals surface area contributed by atoms with Crippen LogP contribution < -0.4 is 5.73 Å². The third-order valence-electron chi connectivity index (χ3n) is 3.33. The molecule has 1 fully saturated rings. The summed E-state index contributed by atoms with van der Waals surface area (Å²) < 4.78 is 0. The molecule has 0 aromatic carbocycles. The highest BCUT2D eigenvalue weighted by atomic mass is 32.1. The van der Waals surface area contributed by atoms with Gasteiger partial charge < -0.3 is 5.73 Å². The third kappa shape index (κ3) is 2.60. The van der Waals surface area contributed by atoms with E-state index in [1.807, 2.05) is 11.3 Å². The Hall–Kier alpha value is -0.380. The second-order valence-electron chi connectivity index (χ2n) is 4.58. The molecule has 1 aliphatic carbocycles. The predicted molar refractivity (Wildman–Crippen MR) is 66.1 cm³/mol. The van der Waals surface area contributed by atoms with Crippen LogP contribution in [0.1, 0.15) is 23.3 Å². The van der Waals surface area contributed by atoms with Crippen molar-refractivity contribution in [3.05, 3.63) is 21.9 Å². The Balaban J connectivity index is 1.95. The van der Waals surface area contributed by atoms with Crippen LogP contribution in [0.2, 0.25) is 0 Å². The molecule has 0 saturated heterocycles. The molecule has 0 aliphatic heterocycles. The number of nitrogens with zero attached hydrogens (tertiary/aromatic N) is 1. The summed E-state index contributed by atoms with van der Waals surface area (Å²) in [5.41, 5.74) is 7.26. The van der Waals surface area contributed by atoms with Gasteiger partial charge in [0.2, 0.25) is 0 Å². The molecule has 1 heterocycles. The highest BCUT2D eigenvalue weighted by Crippen LogP contribution is 2.35. The van der Waals surface area contributed by atoms with Gasteiger partial charge in [0.1, 0.15) is 0 Å². The Labute approximate surface area is 96.1 Å². The van der Waals surface area contributed by atoms with Gasteiger partial charge in [0, 0.05) is 24.0 Å². The number of likely N-dealkylation sites (N-methyl/N-ethyl adjacent to an activating group) is 1. The topological polar surface area (TPSA) is 29.3 Å². The zero-order valence-corrected chi connectivity index (χ0v) is 10.4. The number of hydrogen-bond donors (Lipinski definition) is 1. The summed E-state index contributed by atoms with van der Waals surface area (Å²) in [6.07, 6.45) is 2.74. The summed E-state index contributed by atoms with van der Waals surface area (Å²) in [7, 11) is 2.20. The van der Waals surface area contributed by atoms with Crippen molar-refractivity contribution < 1.29 is 0 Å². The summed E-state index contributed by atoms with van der Waals surface area (Å²) in [4.78, 5) is 3.91. The molecular formula is C12H20N2S. The van der Waals surface area contributed by atoms with Gasteiger partial charge in [-0.2, -0.15) is 0 Å². The monoisotopic (exact) mass is 224 g/mol. The summed E-state index contributed by atoms with van der Waals surface area (Å²) in [5, 5.41) is 2.17. The van der Waals surface area contributed by atoms with Gasteiger partial charge in [-0.15, -0.1) is 11.3 Å². The Morgan fingerprint density at radius 3 is 2.80 bits per heavy atom. The molecular weight excluding hydrogens is 204 g/mol. The van der Waals surface area contributed by atoms with Crippen molar-refractivity contribution in [1.29, 1.82) is 0 Å². The first-order valence-electron chi connectivity index (χ1n) is 5.65. The molecule has 0 radical (unpaired) electrons. The van der Waals surface area contributed by atoms with Gasteiger partial charge in [-0.25, -0.2) is 0 Å². The molecule has 84 valence electrons. The molecule has 15 heavy (non-hydrogen) atoms. The first-order chi connectivity index (χ1) is 7.22. The molecule has 1 aliphatic rings. The highest BCUT2D eigenvalue weighted by molar-refractivity contribution is 7.10. The molecule has 2 nitrogen and oxygen atoms in total. The molecule has 1 atom stereocenters. The first kappa shape index (κ1) is 11.1. The summed E-state index contributed by atoms with van der Waals surface area (Å²) in [5.74, 6) is 0.861. The van der Waals surface area contributed by atoms with Crippen LogP contribution in [0.15, 0.2) is 11.4 Å². The van der Waals surface area contributed by atoms with E-state index in [0.717, 1.165) is 19.0 Å². The Morgan fingerprint density at radius 2 is 2.33 bits per heavy atom. The van der Waals surface area contributed by atoms with E-state index in [9.17, 15) is 0 Å². The molecule has 1 saturated carbocycles. The van der Waals surface area contributed by atoms with Crippen molar-refractivity contribution in [2.75, 3.05) is 13.6 Å². The lowest BCUT2D eigenvalue weighted by Crippen LogP contribution is -2.39. The first-order valence-corrected chi connectivity index (χ1v) is 6.53. The minimum Gasteiger partial charge on any atom is -0.329 e. The molecule has 2 rings (SSSR count). The molecule has 1 unspecified atom stereocenters. The molecule has 1 aromatic rings. The number of rotatable bonds is 5. The van der Waals surface area contributed by atoms with Gasteiger partial charge in [-0.3, -0.25) is 4.90 Å². The van der Waals surface area contributed by atoms with Crippen molar-refractivity contribution in [2.24, 2.45) is 11.7 Å². The largest absolute Gasteiger partial charge is 0.329 e. The summed E-state index contributed by atoms with van der Waals surface area (Å²) in [6.45, 7) is 4.04. The van der Waals surface area contributed by atoms with E-state index in [1.54, 1.807) is 0 Å².